The molecule has 0 atom stereocenters. The molecule has 0 amide bonds. The van der Waals surface area contributed by atoms with Gasteiger partial charge in [-0.1, -0.05) is 17.3 Å². The third-order valence-corrected chi connectivity index (χ3v) is 5.21. The molecule has 9 nitrogen and oxygen atoms in total. The summed E-state index contributed by atoms with van der Waals surface area (Å²) in [6.45, 7) is 0.364. The Balaban J connectivity index is 1.42. The van der Waals surface area contributed by atoms with Gasteiger partial charge >= 0.3 is 0 Å². The van der Waals surface area contributed by atoms with Gasteiger partial charge in [0, 0.05) is 5.56 Å². The first kappa shape index (κ1) is 17.5. The predicted octanol–water partition coefficient (Wildman–Crippen LogP) is 2.98. The van der Waals surface area contributed by atoms with Crippen LogP contribution in [0.25, 0.3) is 28.6 Å². The average molecular weight is 415 g/mol. The maximum absolute atomic E-state index is 13.9. The van der Waals surface area contributed by atoms with E-state index in [9.17, 15) is 9.50 Å². The Bertz CT molecular complexity index is 1420. The Morgan fingerprint density at radius 3 is 2.84 bits per heavy atom. The summed E-state index contributed by atoms with van der Waals surface area (Å²) in [5.74, 6) is 1.21. The number of nitrogens with zero attached hydrogens (tertiary/aromatic N) is 7. The molecule has 1 aliphatic rings. The molecule has 31 heavy (non-hydrogen) atoms. The second kappa shape index (κ2) is 6.59. The first-order chi connectivity index (χ1) is 15.2. The number of imidazole rings is 1. The van der Waals surface area contributed by atoms with Crippen LogP contribution in [0.15, 0.2) is 59.6 Å². The summed E-state index contributed by atoms with van der Waals surface area (Å²) in [6, 6.07) is 11.3. The van der Waals surface area contributed by atoms with Gasteiger partial charge in [0.15, 0.2) is 5.82 Å². The van der Waals surface area contributed by atoms with Crippen LogP contribution in [0.2, 0.25) is 0 Å². The molecule has 0 aliphatic carbocycles. The zero-order valence-electron chi connectivity index (χ0n) is 16.0. The summed E-state index contributed by atoms with van der Waals surface area (Å²) in [4.78, 5) is 13.3. The van der Waals surface area contributed by atoms with Crippen molar-refractivity contribution >= 4 is 0 Å². The van der Waals surface area contributed by atoms with Crippen LogP contribution in [-0.2, 0) is 13.0 Å². The molecule has 3 aromatic heterocycles. The second-order valence-electron chi connectivity index (χ2n) is 7.17. The van der Waals surface area contributed by atoms with Crippen molar-refractivity contribution in [2.24, 2.45) is 0 Å². The number of phenols is 1. The second-order valence-corrected chi connectivity index (χ2v) is 7.17. The van der Waals surface area contributed by atoms with Crippen molar-refractivity contribution in [3.63, 3.8) is 0 Å². The van der Waals surface area contributed by atoms with Crippen molar-refractivity contribution < 1.29 is 14.0 Å². The molecule has 0 saturated carbocycles. The Kier molecular flexibility index (Phi) is 3.72. The summed E-state index contributed by atoms with van der Waals surface area (Å²) < 4.78 is 22.9. The molecule has 152 valence electrons. The molecule has 4 heterocycles. The zero-order valence-corrected chi connectivity index (χ0v) is 16.0. The van der Waals surface area contributed by atoms with Gasteiger partial charge in [-0.2, -0.15) is 10.1 Å². The largest absolute Gasteiger partial charge is 0.508 e. The van der Waals surface area contributed by atoms with E-state index >= 15 is 0 Å². The van der Waals surface area contributed by atoms with E-state index in [1.54, 1.807) is 41.3 Å². The SMILES string of the molecule is Oc1ccc(Cc2nc(-c3ncn4c3Cn3ncnc3-c3cc(F)ccc3-4)no2)cc1. The highest BCUT2D eigenvalue weighted by Crippen LogP contribution is 2.33. The zero-order chi connectivity index (χ0) is 20.9. The topological polar surface area (TPSA) is 108 Å². The highest BCUT2D eigenvalue weighted by Gasteiger charge is 2.26. The molecule has 0 unspecified atom stereocenters. The summed E-state index contributed by atoms with van der Waals surface area (Å²) in [5, 5.41) is 17.8. The number of halogens is 1. The summed E-state index contributed by atoms with van der Waals surface area (Å²) in [5.41, 5.74) is 3.64. The quantitative estimate of drug-likeness (QED) is 0.473. The van der Waals surface area contributed by atoms with Crippen LogP contribution in [0.1, 0.15) is 17.1 Å². The average Bonchev–Trinajstić information content (AvgIpc) is 3.49. The summed E-state index contributed by atoms with van der Waals surface area (Å²) in [7, 11) is 0. The van der Waals surface area contributed by atoms with Gasteiger partial charge < -0.3 is 9.63 Å². The lowest BCUT2D eigenvalue weighted by atomic mass is 10.1. The van der Waals surface area contributed by atoms with Crippen LogP contribution in [0.4, 0.5) is 4.39 Å². The molecule has 0 radical (unpaired) electrons. The lowest BCUT2D eigenvalue weighted by molar-refractivity contribution is 0.385. The lowest BCUT2D eigenvalue weighted by Gasteiger charge is -2.08. The fraction of sp³-hybridized carbons (Fsp3) is 0.0952. The monoisotopic (exact) mass is 415 g/mol. The Morgan fingerprint density at radius 2 is 1.97 bits per heavy atom. The van der Waals surface area contributed by atoms with E-state index in [1.807, 2.05) is 4.57 Å². The van der Waals surface area contributed by atoms with Crippen molar-refractivity contribution in [3.05, 3.63) is 78.1 Å². The van der Waals surface area contributed by atoms with Crippen molar-refractivity contribution in [2.75, 3.05) is 0 Å². The van der Waals surface area contributed by atoms with E-state index in [2.05, 4.69) is 25.2 Å². The van der Waals surface area contributed by atoms with Crippen molar-refractivity contribution in [2.45, 2.75) is 13.0 Å². The Labute approximate surface area is 174 Å². The number of phenolic OH excluding ortho intramolecular Hbond substituents is 1. The third-order valence-electron chi connectivity index (χ3n) is 5.21. The smallest absolute Gasteiger partial charge is 0.231 e. The lowest BCUT2D eigenvalue weighted by Crippen LogP contribution is -2.06. The van der Waals surface area contributed by atoms with Gasteiger partial charge in [-0.25, -0.2) is 19.0 Å². The Morgan fingerprint density at radius 1 is 1.10 bits per heavy atom. The molecular weight excluding hydrogens is 401 g/mol. The molecule has 0 saturated heterocycles. The van der Waals surface area contributed by atoms with Crippen LogP contribution < -0.4 is 0 Å². The van der Waals surface area contributed by atoms with Crippen molar-refractivity contribution in [1.29, 1.82) is 0 Å². The number of rotatable bonds is 3. The van der Waals surface area contributed by atoms with E-state index in [0.29, 0.717) is 41.8 Å². The molecule has 6 rings (SSSR count). The van der Waals surface area contributed by atoms with Crippen LogP contribution in [0, 0.1) is 5.82 Å². The fourth-order valence-corrected chi connectivity index (χ4v) is 3.76. The van der Waals surface area contributed by atoms with Gasteiger partial charge in [0.05, 0.1) is 24.3 Å². The number of hydrogen-bond acceptors (Lipinski definition) is 7. The standard InChI is InChI=1S/C21H14FN7O2/c22-13-3-6-16-15(8-13)21-23-10-25-29(21)9-17-19(24-11-28(16)17)20-26-18(31-27-20)7-12-1-4-14(30)5-2-12/h1-6,8,10-11,30H,7,9H2. The summed E-state index contributed by atoms with van der Waals surface area (Å²) >= 11 is 0. The van der Waals surface area contributed by atoms with E-state index in [4.69, 9.17) is 4.52 Å². The van der Waals surface area contributed by atoms with Gasteiger partial charge in [-0.05, 0) is 35.9 Å². The minimum atomic E-state index is -0.353. The van der Waals surface area contributed by atoms with Crippen LogP contribution >= 0.6 is 0 Å². The minimum Gasteiger partial charge on any atom is -0.508 e. The third kappa shape index (κ3) is 2.88. The highest BCUT2D eigenvalue weighted by atomic mass is 19.1. The highest BCUT2D eigenvalue weighted by molar-refractivity contribution is 5.70. The summed E-state index contributed by atoms with van der Waals surface area (Å²) in [6.07, 6.45) is 3.53. The molecule has 0 bridgehead atoms. The van der Waals surface area contributed by atoms with Crippen LogP contribution in [0.3, 0.4) is 0 Å². The van der Waals surface area contributed by atoms with Crippen LogP contribution in [-0.4, -0.2) is 39.6 Å². The number of benzene rings is 2. The number of aromatic nitrogens is 7. The maximum Gasteiger partial charge on any atom is 0.231 e. The molecule has 0 fully saturated rings. The molecule has 5 aromatic rings. The van der Waals surface area contributed by atoms with E-state index in [1.165, 1.54) is 18.5 Å². The molecular formula is C21H14FN7O2. The molecule has 10 heteroatoms. The Hall–Kier alpha value is -4.34. The molecule has 2 aromatic carbocycles. The first-order valence-electron chi connectivity index (χ1n) is 9.51. The number of hydrogen-bond donors (Lipinski definition) is 1. The van der Waals surface area contributed by atoms with E-state index < -0.39 is 0 Å². The maximum atomic E-state index is 13.9. The number of fused-ring (bicyclic) bond motifs is 5. The molecule has 0 spiro atoms. The van der Waals surface area contributed by atoms with Gasteiger partial charge in [-0.15, -0.1) is 0 Å². The van der Waals surface area contributed by atoms with Crippen molar-refractivity contribution in [3.8, 4) is 34.3 Å². The van der Waals surface area contributed by atoms with Gasteiger partial charge in [0.25, 0.3) is 0 Å². The molecule has 1 aliphatic heterocycles. The predicted molar refractivity (Wildman–Crippen MR) is 106 cm³/mol. The van der Waals surface area contributed by atoms with Crippen LogP contribution in [0.5, 0.6) is 5.75 Å². The van der Waals surface area contributed by atoms with Gasteiger partial charge in [-0.3, -0.25) is 4.57 Å². The van der Waals surface area contributed by atoms with Gasteiger partial charge in [0.1, 0.15) is 29.9 Å². The first-order valence-corrected chi connectivity index (χ1v) is 9.51. The molecule has 1 N–H and O–H groups in total. The normalized spacial score (nSPS) is 12.2. The number of aromatic hydroxyl groups is 1. The van der Waals surface area contributed by atoms with Crippen molar-refractivity contribution in [1.82, 2.24) is 34.5 Å². The van der Waals surface area contributed by atoms with E-state index in [0.717, 1.165) is 16.9 Å². The van der Waals surface area contributed by atoms with E-state index in [-0.39, 0.29) is 11.6 Å². The minimum absolute atomic E-state index is 0.198. The van der Waals surface area contributed by atoms with Gasteiger partial charge in [0.2, 0.25) is 11.7 Å². The fourth-order valence-electron chi connectivity index (χ4n) is 3.76.